The molecule has 1 unspecified atom stereocenters. The molecular formula is C28H39FN4O8. The standard InChI is InChI=1S/C28H39FN4O8/c1-8-14-38-26(37)31-23-20(16-33(32-23)13-9-12-30-25(36)41-28(5,6)7)19-11-10-18(15-21(19)29)39-17-22(34)24(35)40-27(2,3)4/h8,10-11,15-16,22,34H,1,9,12-14,17H2,2-7H3,(H,30,36)(H,31,32,37). The summed E-state index contributed by atoms with van der Waals surface area (Å²) in [5.41, 5.74) is -1.04. The predicted octanol–water partition coefficient (Wildman–Crippen LogP) is 4.42. The largest absolute Gasteiger partial charge is 0.490 e. The maximum atomic E-state index is 15.2. The quantitative estimate of drug-likeness (QED) is 0.144. The van der Waals surface area contributed by atoms with Gasteiger partial charge in [0.15, 0.2) is 11.9 Å². The van der Waals surface area contributed by atoms with Crippen LogP contribution >= 0.6 is 0 Å². The number of anilines is 1. The Morgan fingerprint density at radius 3 is 2.39 bits per heavy atom. The summed E-state index contributed by atoms with van der Waals surface area (Å²) in [5, 5.41) is 19.5. The lowest BCUT2D eigenvalue weighted by molar-refractivity contribution is -0.166. The van der Waals surface area contributed by atoms with Gasteiger partial charge < -0.3 is 29.4 Å². The highest BCUT2D eigenvalue weighted by Gasteiger charge is 2.24. The van der Waals surface area contributed by atoms with Gasteiger partial charge >= 0.3 is 18.2 Å². The lowest BCUT2D eigenvalue weighted by atomic mass is 10.1. The molecule has 12 nitrogen and oxygen atoms in total. The minimum absolute atomic E-state index is 0.0340. The molecule has 0 radical (unpaired) electrons. The molecule has 2 amide bonds. The fourth-order valence-corrected chi connectivity index (χ4v) is 3.26. The maximum Gasteiger partial charge on any atom is 0.413 e. The van der Waals surface area contributed by atoms with Gasteiger partial charge in [-0.05, 0) is 60.1 Å². The highest BCUT2D eigenvalue weighted by atomic mass is 19.1. The second kappa shape index (κ2) is 14.5. The summed E-state index contributed by atoms with van der Waals surface area (Å²) in [5.74, 6) is -1.45. The summed E-state index contributed by atoms with van der Waals surface area (Å²) in [6.45, 7) is 13.9. The molecule has 0 aliphatic rings. The van der Waals surface area contributed by atoms with Gasteiger partial charge in [0.1, 0.15) is 36.0 Å². The number of hydrogen-bond acceptors (Lipinski definition) is 9. The third-order valence-electron chi connectivity index (χ3n) is 4.86. The zero-order valence-corrected chi connectivity index (χ0v) is 24.3. The number of nitrogens with zero attached hydrogens (tertiary/aromatic N) is 2. The summed E-state index contributed by atoms with van der Waals surface area (Å²) in [4.78, 5) is 36.0. The van der Waals surface area contributed by atoms with Crippen molar-refractivity contribution in [1.82, 2.24) is 15.1 Å². The molecular weight excluding hydrogens is 539 g/mol. The smallest absolute Gasteiger partial charge is 0.413 e. The van der Waals surface area contributed by atoms with Crippen LogP contribution < -0.4 is 15.4 Å². The first-order chi connectivity index (χ1) is 19.1. The van der Waals surface area contributed by atoms with E-state index >= 15 is 4.39 Å². The van der Waals surface area contributed by atoms with Crippen LogP contribution in [-0.2, 0) is 25.5 Å². The van der Waals surface area contributed by atoms with Gasteiger partial charge in [-0.15, -0.1) is 0 Å². The van der Waals surface area contributed by atoms with Crippen LogP contribution in [0.4, 0.5) is 19.8 Å². The van der Waals surface area contributed by atoms with Gasteiger partial charge in [-0.3, -0.25) is 10.00 Å². The SMILES string of the molecule is C=CCOC(=O)Nc1nn(CCCNC(=O)OC(C)(C)C)cc1-c1ccc(OCC(O)C(=O)OC(C)(C)C)cc1F. The molecule has 226 valence electrons. The molecule has 0 spiro atoms. The van der Waals surface area contributed by atoms with Crippen molar-refractivity contribution in [3.63, 3.8) is 0 Å². The van der Waals surface area contributed by atoms with Crippen LogP contribution in [0.3, 0.4) is 0 Å². The minimum Gasteiger partial charge on any atom is -0.490 e. The molecule has 0 aliphatic carbocycles. The van der Waals surface area contributed by atoms with E-state index in [2.05, 4.69) is 22.3 Å². The number of aliphatic hydroxyl groups excluding tert-OH is 1. The molecule has 13 heteroatoms. The molecule has 0 bridgehead atoms. The molecule has 0 saturated heterocycles. The van der Waals surface area contributed by atoms with Crippen LogP contribution in [-0.4, -0.2) is 70.1 Å². The van der Waals surface area contributed by atoms with Gasteiger partial charge in [0, 0.05) is 36.5 Å². The van der Waals surface area contributed by atoms with Crippen LogP contribution in [0, 0.1) is 5.82 Å². The Morgan fingerprint density at radius 1 is 1.10 bits per heavy atom. The monoisotopic (exact) mass is 578 g/mol. The topological polar surface area (TPSA) is 150 Å². The lowest BCUT2D eigenvalue weighted by Gasteiger charge is -2.21. The third kappa shape index (κ3) is 11.9. The van der Waals surface area contributed by atoms with Crippen LogP contribution in [0.2, 0.25) is 0 Å². The number of alkyl carbamates (subject to hydrolysis) is 1. The summed E-state index contributed by atoms with van der Waals surface area (Å²) in [6, 6.07) is 3.94. The highest BCUT2D eigenvalue weighted by molar-refractivity contribution is 5.89. The first-order valence-corrected chi connectivity index (χ1v) is 13.0. The zero-order chi connectivity index (χ0) is 30.8. The molecule has 1 aromatic carbocycles. The van der Waals surface area contributed by atoms with E-state index in [9.17, 15) is 19.5 Å². The Morgan fingerprint density at radius 2 is 1.78 bits per heavy atom. The maximum absolute atomic E-state index is 15.2. The Bertz CT molecular complexity index is 1220. The first kappa shape index (κ1) is 33.1. The molecule has 1 atom stereocenters. The van der Waals surface area contributed by atoms with Crippen molar-refractivity contribution in [3.05, 3.63) is 42.9 Å². The van der Waals surface area contributed by atoms with Crippen molar-refractivity contribution in [1.29, 1.82) is 0 Å². The van der Waals surface area contributed by atoms with E-state index in [0.717, 1.165) is 6.07 Å². The fraction of sp³-hybridized carbons (Fsp3) is 0.500. The van der Waals surface area contributed by atoms with Gasteiger partial charge in [0.2, 0.25) is 0 Å². The number of amides is 2. The van der Waals surface area contributed by atoms with Gasteiger partial charge in [0.05, 0.1) is 0 Å². The number of benzene rings is 1. The van der Waals surface area contributed by atoms with E-state index in [1.807, 2.05) is 0 Å². The van der Waals surface area contributed by atoms with E-state index < -0.39 is 47.9 Å². The second-order valence-corrected chi connectivity index (χ2v) is 11.0. The molecule has 2 rings (SSSR count). The summed E-state index contributed by atoms with van der Waals surface area (Å²) in [6.07, 6.45) is 0.498. The second-order valence-electron chi connectivity index (χ2n) is 11.0. The molecule has 0 fully saturated rings. The molecule has 3 N–H and O–H groups in total. The van der Waals surface area contributed by atoms with Crippen molar-refractivity contribution in [2.45, 2.75) is 71.8 Å². The first-order valence-electron chi connectivity index (χ1n) is 13.0. The number of nitrogens with one attached hydrogen (secondary N) is 2. The number of esters is 1. The molecule has 1 aromatic heterocycles. The normalized spacial score (nSPS) is 12.2. The number of carbonyl (C=O) groups excluding carboxylic acids is 3. The fourth-order valence-electron chi connectivity index (χ4n) is 3.26. The Labute approximate surface area is 238 Å². The van der Waals surface area contributed by atoms with Crippen LogP contribution in [0.15, 0.2) is 37.1 Å². The molecule has 0 aliphatic heterocycles. The van der Waals surface area contributed by atoms with Gasteiger partial charge in [0.25, 0.3) is 0 Å². The number of rotatable bonds is 12. The third-order valence-corrected chi connectivity index (χ3v) is 4.86. The summed E-state index contributed by atoms with van der Waals surface area (Å²) in [7, 11) is 0. The Balaban J connectivity index is 2.14. The number of aliphatic hydroxyl groups is 1. The van der Waals surface area contributed by atoms with E-state index in [1.165, 1.54) is 22.9 Å². The zero-order valence-electron chi connectivity index (χ0n) is 24.3. The van der Waals surface area contributed by atoms with Crippen molar-refractivity contribution in [2.24, 2.45) is 0 Å². The lowest BCUT2D eigenvalue weighted by Crippen LogP contribution is -2.35. The van der Waals surface area contributed by atoms with E-state index in [-0.39, 0.29) is 29.3 Å². The number of aromatic nitrogens is 2. The Kier molecular flexibility index (Phi) is 11.7. The molecule has 1 heterocycles. The van der Waals surface area contributed by atoms with Crippen molar-refractivity contribution < 1.29 is 42.8 Å². The van der Waals surface area contributed by atoms with Crippen LogP contribution in [0.5, 0.6) is 5.75 Å². The van der Waals surface area contributed by atoms with Gasteiger partial charge in [-0.2, -0.15) is 5.10 Å². The summed E-state index contributed by atoms with van der Waals surface area (Å²) < 4.78 is 37.3. The van der Waals surface area contributed by atoms with Gasteiger partial charge in [-0.25, -0.2) is 18.8 Å². The predicted molar refractivity (Wildman–Crippen MR) is 149 cm³/mol. The number of halogens is 1. The molecule has 0 saturated carbocycles. The van der Waals surface area contributed by atoms with E-state index in [0.29, 0.717) is 19.5 Å². The summed E-state index contributed by atoms with van der Waals surface area (Å²) >= 11 is 0. The van der Waals surface area contributed by atoms with E-state index in [4.69, 9.17) is 18.9 Å². The van der Waals surface area contributed by atoms with Crippen molar-refractivity contribution in [2.75, 3.05) is 25.1 Å². The number of aryl methyl sites for hydroxylation is 1. The van der Waals surface area contributed by atoms with Crippen molar-refractivity contribution in [3.8, 4) is 16.9 Å². The van der Waals surface area contributed by atoms with Crippen LogP contribution in [0.1, 0.15) is 48.0 Å². The number of ether oxygens (including phenoxy) is 4. The molecule has 41 heavy (non-hydrogen) atoms. The Hall–Kier alpha value is -4.13. The van der Waals surface area contributed by atoms with E-state index in [1.54, 1.807) is 47.7 Å². The number of hydrogen-bond donors (Lipinski definition) is 3. The molecule has 2 aromatic rings. The van der Waals surface area contributed by atoms with Crippen molar-refractivity contribution >= 4 is 24.0 Å². The average Bonchev–Trinajstić information content (AvgIpc) is 3.23. The highest BCUT2D eigenvalue weighted by Crippen LogP contribution is 2.32. The minimum atomic E-state index is -1.56. The number of carbonyl (C=O) groups is 3. The van der Waals surface area contributed by atoms with Gasteiger partial charge in [-0.1, -0.05) is 12.7 Å². The van der Waals surface area contributed by atoms with Crippen LogP contribution in [0.25, 0.3) is 11.1 Å². The average molecular weight is 579 g/mol.